The molecule has 3 aromatic rings. The van der Waals surface area contributed by atoms with Gasteiger partial charge in [0.2, 0.25) is 0 Å². The highest BCUT2D eigenvalue weighted by atomic mass is 16.5. The van der Waals surface area contributed by atoms with Crippen molar-refractivity contribution < 1.29 is 4.74 Å². The largest absolute Gasteiger partial charge is 0.489 e. The molecule has 0 aromatic heterocycles. The van der Waals surface area contributed by atoms with E-state index in [4.69, 9.17) is 4.74 Å². The van der Waals surface area contributed by atoms with Crippen molar-refractivity contribution in [3.05, 3.63) is 96.1 Å². The summed E-state index contributed by atoms with van der Waals surface area (Å²) in [7, 11) is 0. The molecular formula is C22H20N2O. The Morgan fingerprint density at radius 2 is 1.60 bits per heavy atom. The number of hydrogen-bond acceptors (Lipinski definition) is 3. The molecule has 0 aliphatic heterocycles. The van der Waals surface area contributed by atoms with E-state index < -0.39 is 0 Å². The summed E-state index contributed by atoms with van der Waals surface area (Å²) in [6, 6.07) is 30.1. The lowest BCUT2D eigenvalue weighted by Crippen LogP contribution is -2.10. The summed E-state index contributed by atoms with van der Waals surface area (Å²) in [6.45, 7) is 0.527. The maximum atomic E-state index is 9.18. The minimum Gasteiger partial charge on any atom is -0.489 e. The first-order valence-electron chi connectivity index (χ1n) is 8.30. The normalized spacial score (nSPS) is 11.3. The van der Waals surface area contributed by atoms with Gasteiger partial charge in [0.1, 0.15) is 12.4 Å². The van der Waals surface area contributed by atoms with E-state index in [9.17, 15) is 5.26 Å². The Morgan fingerprint density at radius 3 is 2.32 bits per heavy atom. The van der Waals surface area contributed by atoms with Gasteiger partial charge >= 0.3 is 0 Å². The SMILES string of the molecule is N#CCC(Nc1ccccc1)c1cccc(OCc2ccccc2)c1. The molecule has 3 rings (SSSR count). The van der Waals surface area contributed by atoms with Crippen LogP contribution in [0.3, 0.4) is 0 Å². The lowest BCUT2D eigenvalue weighted by molar-refractivity contribution is 0.306. The average molecular weight is 328 g/mol. The molecular weight excluding hydrogens is 308 g/mol. The Balaban J connectivity index is 1.72. The van der Waals surface area contributed by atoms with Crippen LogP contribution < -0.4 is 10.1 Å². The van der Waals surface area contributed by atoms with E-state index in [0.29, 0.717) is 13.0 Å². The highest BCUT2D eigenvalue weighted by molar-refractivity contribution is 5.46. The van der Waals surface area contributed by atoms with Gasteiger partial charge in [0, 0.05) is 5.69 Å². The van der Waals surface area contributed by atoms with Crippen molar-refractivity contribution in [3.63, 3.8) is 0 Å². The molecule has 0 fully saturated rings. The zero-order chi connectivity index (χ0) is 17.3. The number of para-hydroxylation sites is 1. The molecule has 3 aromatic carbocycles. The predicted octanol–water partition coefficient (Wildman–Crippen LogP) is 5.33. The molecule has 0 aliphatic rings. The third-order valence-corrected chi connectivity index (χ3v) is 3.92. The van der Waals surface area contributed by atoms with E-state index >= 15 is 0 Å². The van der Waals surface area contributed by atoms with Crippen molar-refractivity contribution in [1.82, 2.24) is 0 Å². The Morgan fingerprint density at radius 1 is 0.880 bits per heavy atom. The Bertz CT molecular complexity index is 825. The smallest absolute Gasteiger partial charge is 0.120 e. The number of anilines is 1. The predicted molar refractivity (Wildman–Crippen MR) is 100 cm³/mol. The standard InChI is InChI=1S/C22H20N2O/c23-15-14-22(24-20-11-5-2-6-12-20)19-10-7-13-21(16-19)25-17-18-8-3-1-4-9-18/h1-13,16,22,24H,14,17H2. The molecule has 0 saturated carbocycles. The second-order valence-corrected chi connectivity index (χ2v) is 5.77. The fraction of sp³-hybridized carbons (Fsp3) is 0.136. The third-order valence-electron chi connectivity index (χ3n) is 3.92. The minimum absolute atomic E-state index is 0.0762. The molecule has 1 N–H and O–H groups in total. The quantitative estimate of drug-likeness (QED) is 0.637. The van der Waals surface area contributed by atoms with Crippen LogP contribution in [0.15, 0.2) is 84.9 Å². The number of rotatable bonds is 7. The third kappa shape index (κ3) is 4.86. The minimum atomic E-state index is -0.0762. The van der Waals surface area contributed by atoms with Crippen molar-refractivity contribution >= 4 is 5.69 Å². The highest BCUT2D eigenvalue weighted by Gasteiger charge is 2.12. The molecule has 25 heavy (non-hydrogen) atoms. The molecule has 0 bridgehead atoms. The number of nitriles is 1. The van der Waals surface area contributed by atoms with E-state index in [1.54, 1.807) is 0 Å². The first kappa shape index (κ1) is 16.6. The van der Waals surface area contributed by atoms with Gasteiger partial charge in [-0.15, -0.1) is 0 Å². The molecule has 0 spiro atoms. The molecule has 1 atom stereocenters. The topological polar surface area (TPSA) is 45.0 Å². The zero-order valence-electron chi connectivity index (χ0n) is 13.9. The van der Waals surface area contributed by atoms with Gasteiger partial charge in [-0.2, -0.15) is 5.26 Å². The zero-order valence-corrected chi connectivity index (χ0v) is 13.9. The summed E-state index contributed by atoms with van der Waals surface area (Å²) in [5, 5.41) is 12.6. The van der Waals surface area contributed by atoms with E-state index in [1.807, 2.05) is 84.9 Å². The first-order valence-corrected chi connectivity index (χ1v) is 8.30. The molecule has 3 heteroatoms. The Kier molecular flexibility index (Phi) is 5.68. The molecule has 3 nitrogen and oxygen atoms in total. The van der Waals surface area contributed by atoms with Gasteiger partial charge in [-0.3, -0.25) is 0 Å². The van der Waals surface area contributed by atoms with Crippen LogP contribution in [0.25, 0.3) is 0 Å². The first-order chi connectivity index (χ1) is 12.3. The summed E-state index contributed by atoms with van der Waals surface area (Å²) in [6.07, 6.45) is 0.386. The van der Waals surface area contributed by atoms with Crippen molar-refractivity contribution in [2.24, 2.45) is 0 Å². The van der Waals surface area contributed by atoms with E-state index in [1.165, 1.54) is 0 Å². The van der Waals surface area contributed by atoms with Gasteiger partial charge in [-0.25, -0.2) is 0 Å². The van der Waals surface area contributed by atoms with Crippen LogP contribution in [-0.4, -0.2) is 0 Å². The van der Waals surface area contributed by atoms with Gasteiger partial charge in [-0.05, 0) is 35.4 Å². The maximum Gasteiger partial charge on any atom is 0.120 e. The van der Waals surface area contributed by atoms with Crippen molar-refractivity contribution in [2.75, 3.05) is 5.32 Å². The second kappa shape index (κ2) is 8.56. The number of hydrogen-bond donors (Lipinski definition) is 1. The number of ether oxygens (including phenoxy) is 1. The summed E-state index contributed by atoms with van der Waals surface area (Å²) >= 11 is 0. The Labute approximate surface area is 148 Å². The monoisotopic (exact) mass is 328 g/mol. The fourth-order valence-corrected chi connectivity index (χ4v) is 2.64. The van der Waals surface area contributed by atoms with Crippen LogP contribution in [0.2, 0.25) is 0 Å². The summed E-state index contributed by atoms with van der Waals surface area (Å²) in [5.74, 6) is 0.805. The van der Waals surface area contributed by atoms with E-state index in [0.717, 1.165) is 22.6 Å². The van der Waals surface area contributed by atoms with Gasteiger partial charge in [0.05, 0.1) is 18.5 Å². The fourth-order valence-electron chi connectivity index (χ4n) is 2.64. The molecule has 0 radical (unpaired) electrons. The second-order valence-electron chi connectivity index (χ2n) is 5.77. The van der Waals surface area contributed by atoms with Crippen LogP contribution in [0, 0.1) is 11.3 Å². The Hall–Kier alpha value is -3.25. The molecule has 1 unspecified atom stereocenters. The van der Waals surface area contributed by atoms with Gasteiger partial charge in [0.15, 0.2) is 0 Å². The van der Waals surface area contributed by atoms with Crippen LogP contribution in [0.5, 0.6) is 5.75 Å². The van der Waals surface area contributed by atoms with Crippen LogP contribution in [0.1, 0.15) is 23.6 Å². The number of benzene rings is 3. The molecule has 0 aliphatic carbocycles. The van der Waals surface area contributed by atoms with Gasteiger partial charge < -0.3 is 10.1 Å². The van der Waals surface area contributed by atoms with E-state index in [2.05, 4.69) is 11.4 Å². The van der Waals surface area contributed by atoms with Crippen LogP contribution >= 0.6 is 0 Å². The average Bonchev–Trinajstić information content (AvgIpc) is 2.68. The number of nitrogens with zero attached hydrogens (tertiary/aromatic N) is 1. The van der Waals surface area contributed by atoms with Crippen molar-refractivity contribution in [3.8, 4) is 11.8 Å². The summed E-state index contributed by atoms with van der Waals surface area (Å²) in [4.78, 5) is 0. The summed E-state index contributed by atoms with van der Waals surface area (Å²) in [5.41, 5.74) is 3.17. The lowest BCUT2D eigenvalue weighted by atomic mass is 10.0. The molecule has 0 heterocycles. The van der Waals surface area contributed by atoms with Crippen LogP contribution in [-0.2, 0) is 6.61 Å². The summed E-state index contributed by atoms with van der Waals surface area (Å²) < 4.78 is 5.90. The molecule has 124 valence electrons. The molecule has 0 saturated heterocycles. The lowest BCUT2D eigenvalue weighted by Gasteiger charge is -2.18. The van der Waals surface area contributed by atoms with E-state index in [-0.39, 0.29) is 6.04 Å². The molecule has 0 amide bonds. The highest BCUT2D eigenvalue weighted by Crippen LogP contribution is 2.26. The maximum absolute atomic E-state index is 9.18. The van der Waals surface area contributed by atoms with Gasteiger partial charge in [0.25, 0.3) is 0 Å². The van der Waals surface area contributed by atoms with Gasteiger partial charge in [-0.1, -0.05) is 60.7 Å². The van der Waals surface area contributed by atoms with Crippen molar-refractivity contribution in [1.29, 1.82) is 5.26 Å². The van der Waals surface area contributed by atoms with Crippen LogP contribution in [0.4, 0.5) is 5.69 Å². The number of nitrogens with one attached hydrogen (secondary N) is 1. The van der Waals surface area contributed by atoms with Crippen molar-refractivity contribution in [2.45, 2.75) is 19.1 Å².